The summed E-state index contributed by atoms with van der Waals surface area (Å²) in [6, 6.07) is 11.9. The van der Waals surface area contributed by atoms with Crippen LogP contribution in [0.4, 0.5) is 0 Å². The Balaban J connectivity index is 1.70. The Kier molecular flexibility index (Phi) is 5.12. The summed E-state index contributed by atoms with van der Waals surface area (Å²) in [5, 5.41) is 0. The molecule has 3 aromatic rings. The van der Waals surface area contributed by atoms with E-state index in [9.17, 15) is 9.59 Å². The van der Waals surface area contributed by atoms with Gasteiger partial charge in [-0.3, -0.25) is 9.78 Å². The molecule has 132 valence electrons. The quantitative estimate of drug-likeness (QED) is 0.539. The maximum absolute atomic E-state index is 12.4. The van der Waals surface area contributed by atoms with Crippen molar-refractivity contribution in [2.24, 2.45) is 0 Å². The number of aromatic nitrogens is 2. The second kappa shape index (κ2) is 7.65. The van der Waals surface area contributed by atoms with Crippen LogP contribution in [0.5, 0.6) is 11.5 Å². The number of ether oxygens (including phenoxy) is 2. The lowest BCUT2D eigenvalue weighted by Gasteiger charge is -2.10. The molecule has 26 heavy (non-hydrogen) atoms. The number of aromatic amines is 1. The molecule has 0 radical (unpaired) electrons. The van der Waals surface area contributed by atoms with Gasteiger partial charge in [-0.2, -0.15) is 0 Å². The van der Waals surface area contributed by atoms with E-state index in [0.29, 0.717) is 17.1 Å². The number of nitrogens with one attached hydrogen (secondary N) is 1. The van der Waals surface area contributed by atoms with Crippen LogP contribution in [0.15, 0.2) is 54.9 Å². The van der Waals surface area contributed by atoms with Crippen LogP contribution in [-0.2, 0) is 4.74 Å². The third kappa shape index (κ3) is 3.97. The molecule has 0 aliphatic rings. The predicted molar refractivity (Wildman–Crippen MR) is 95.6 cm³/mol. The number of rotatable bonds is 6. The van der Waals surface area contributed by atoms with Gasteiger partial charge in [0, 0.05) is 23.1 Å². The molecule has 0 fully saturated rings. The van der Waals surface area contributed by atoms with Crippen molar-refractivity contribution in [3.05, 3.63) is 77.4 Å². The van der Waals surface area contributed by atoms with Gasteiger partial charge in [0.2, 0.25) is 5.78 Å². The molecule has 1 N–H and O–H groups in total. The first-order chi connectivity index (χ1) is 12.5. The van der Waals surface area contributed by atoms with Crippen LogP contribution in [0.1, 0.15) is 32.1 Å². The van der Waals surface area contributed by atoms with Crippen LogP contribution in [-0.4, -0.2) is 28.3 Å². The number of H-pyrrole nitrogens is 1. The Morgan fingerprint density at radius 2 is 1.88 bits per heavy atom. The van der Waals surface area contributed by atoms with Crippen LogP contribution in [0.25, 0.3) is 0 Å². The third-order valence-corrected chi connectivity index (χ3v) is 3.75. The Morgan fingerprint density at radius 3 is 2.58 bits per heavy atom. The number of carbonyl (C=O) groups excluding carboxylic acids is 2. The van der Waals surface area contributed by atoms with E-state index in [2.05, 4.69) is 9.97 Å². The van der Waals surface area contributed by atoms with E-state index in [1.54, 1.807) is 61.8 Å². The highest BCUT2D eigenvalue weighted by molar-refractivity contribution is 6.00. The Bertz CT molecular complexity index is 932. The summed E-state index contributed by atoms with van der Waals surface area (Å²) >= 11 is 0. The van der Waals surface area contributed by atoms with Crippen LogP contribution in [0.2, 0.25) is 0 Å². The number of aryl methyl sites for hydroxylation is 2. The summed E-state index contributed by atoms with van der Waals surface area (Å²) in [4.78, 5) is 31.7. The number of pyridine rings is 1. The molecule has 0 aliphatic heterocycles. The Morgan fingerprint density at radius 1 is 1.08 bits per heavy atom. The van der Waals surface area contributed by atoms with Gasteiger partial charge in [0.1, 0.15) is 17.1 Å². The van der Waals surface area contributed by atoms with Crippen LogP contribution in [0.3, 0.4) is 0 Å². The molecule has 2 heterocycles. The van der Waals surface area contributed by atoms with Gasteiger partial charge in [-0.1, -0.05) is 12.1 Å². The first-order valence-corrected chi connectivity index (χ1v) is 8.08. The molecule has 0 amide bonds. The highest BCUT2D eigenvalue weighted by Gasteiger charge is 2.18. The van der Waals surface area contributed by atoms with E-state index in [0.717, 1.165) is 11.4 Å². The van der Waals surface area contributed by atoms with Crippen LogP contribution in [0, 0.1) is 13.8 Å². The maximum Gasteiger partial charge on any atom is 0.342 e. The summed E-state index contributed by atoms with van der Waals surface area (Å²) in [6.07, 6.45) is 3.17. The van der Waals surface area contributed by atoms with Gasteiger partial charge < -0.3 is 14.5 Å². The average Bonchev–Trinajstić information content (AvgIpc) is 2.99. The monoisotopic (exact) mass is 350 g/mol. The van der Waals surface area contributed by atoms with Crippen molar-refractivity contribution in [3.8, 4) is 11.5 Å². The van der Waals surface area contributed by atoms with Crippen molar-refractivity contribution in [3.63, 3.8) is 0 Å². The second-order valence-electron chi connectivity index (χ2n) is 5.78. The summed E-state index contributed by atoms with van der Waals surface area (Å²) in [5.41, 5.74) is 2.40. The largest absolute Gasteiger partial charge is 0.455 e. The molecular weight excluding hydrogens is 332 g/mol. The number of hydrogen-bond donors (Lipinski definition) is 1. The number of carbonyl (C=O) groups is 2. The number of hydrogen-bond acceptors (Lipinski definition) is 5. The van der Waals surface area contributed by atoms with E-state index in [-0.39, 0.29) is 18.0 Å². The van der Waals surface area contributed by atoms with Crippen molar-refractivity contribution < 1.29 is 19.1 Å². The van der Waals surface area contributed by atoms with Gasteiger partial charge in [-0.25, -0.2) is 4.79 Å². The molecule has 3 rings (SSSR count). The number of ketones is 1. The molecule has 0 saturated carbocycles. The lowest BCUT2D eigenvalue weighted by molar-refractivity contribution is 0.0472. The highest BCUT2D eigenvalue weighted by atomic mass is 16.5. The van der Waals surface area contributed by atoms with Crippen molar-refractivity contribution in [1.82, 2.24) is 9.97 Å². The summed E-state index contributed by atoms with van der Waals surface area (Å²) in [5.74, 6) is -0.0394. The fraction of sp³-hybridized carbons (Fsp3) is 0.150. The average molecular weight is 350 g/mol. The minimum absolute atomic E-state index is 0.242. The number of nitrogens with zero attached hydrogens (tertiary/aromatic N) is 1. The summed E-state index contributed by atoms with van der Waals surface area (Å²) in [7, 11) is 0. The molecule has 6 heteroatoms. The van der Waals surface area contributed by atoms with Crippen LogP contribution < -0.4 is 4.74 Å². The highest BCUT2D eigenvalue weighted by Crippen LogP contribution is 2.25. The van der Waals surface area contributed by atoms with Crippen LogP contribution >= 0.6 is 0 Å². The molecule has 0 spiro atoms. The smallest absolute Gasteiger partial charge is 0.342 e. The molecule has 0 aliphatic carbocycles. The second-order valence-corrected chi connectivity index (χ2v) is 5.78. The number of Topliss-reactive ketones (excluding diaryl/α,β-unsaturated/α-hetero) is 1. The molecule has 0 bridgehead atoms. The minimum atomic E-state index is -0.622. The normalized spacial score (nSPS) is 10.4. The first kappa shape index (κ1) is 17.4. The number of benzene rings is 1. The van der Waals surface area contributed by atoms with E-state index >= 15 is 0 Å². The minimum Gasteiger partial charge on any atom is -0.455 e. The fourth-order valence-electron chi connectivity index (χ4n) is 2.56. The van der Waals surface area contributed by atoms with Crippen molar-refractivity contribution in [2.45, 2.75) is 13.8 Å². The van der Waals surface area contributed by atoms with Gasteiger partial charge in [-0.15, -0.1) is 0 Å². The first-order valence-electron chi connectivity index (χ1n) is 8.08. The molecular formula is C20H18N2O4. The zero-order valence-corrected chi connectivity index (χ0v) is 14.5. The molecule has 0 atom stereocenters. The molecule has 0 saturated heterocycles. The Labute approximate surface area is 150 Å². The Hall–Kier alpha value is -3.41. The van der Waals surface area contributed by atoms with Gasteiger partial charge in [0.15, 0.2) is 6.61 Å². The van der Waals surface area contributed by atoms with E-state index in [4.69, 9.17) is 9.47 Å². The lowest BCUT2D eigenvalue weighted by Crippen LogP contribution is -2.15. The summed E-state index contributed by atoms with van der Waals surface area (Å²) in [6.45, 7) is 3.33. The van der Waals surface area contributed by atoms with E-state index in [1.165, 1.54) is 0 Å². The molecule has 0 unspecified atom stereocenters. The topological polar surface area (TPSA) is 81.3 Å². The van der Waals surface area contributed by atoms with Gasteiger partial charge >= 0.3 is 5.97 Å². The van der Waals surface area contributed by atoms with Crippen molar-refractivity contribution >= 4 is 11.8 Å². The third-order valence-electron chi connectivity index (χ3n) is 3.75. The van der Waals surface area contributed by atoms with Crippen molar-refractivity contribution in [1.29, 1.82) is 0 Å². The van der Waals surface area contributed by atoms with Gasteiger partial charge in [-0.05, 0) is 44.2 Å². The van der Waals surface area contributed by atoms with E-state index in [1.807, 2.05) is 6.92 Å². The van der Waals surface area contributed by atoms with Crippen molar-refractivity contribution in [2.75, 3.05) is 6.61 Å². The predicted octanol–water partition coefficient (Wildman–Crippen LogP) is 3.86. The molecule has 1 aromatic carbocycles. The lowest BCUT2D eigenvalue weighted by atomic mass is 10.1. The number of para-hydroxylation sites is 1. The molecule has 6 nitrogen and oxygen atoms in total. The zero-order valence-electron chi connectivity index (χ0n) is 14.5. The zero-order chi connectivity index (χ0) is 18.5. The summed E-state index contributed by atoms with van der Waals surface area (Å²) < 4.78 is 10.9. The SMILES string of the molecule is Cc1cc(C(=O)COC(=O)c2ccccc2Oc2cccnc2)c(C)[nH]1. The molecule has 2 aromatic heterocycles. The van der Waals surface area contributed by atoms with Gasteiger partial charge in [0.05, 0.1) is 6.20 Å². The standard InChI is InChI=1S/C20H18N2O4/c1-13-10-17(14(2)22-13)18(23)12-25-20(24)16-7-3-4-8-19(16)26-15-6-5-9-21-11-15/h3-11,22H,12H2,1-2H3. The fourth-order valence-corrected chi connectivity index (χ4v) is 2.56. The number of esters is 1. The van der Waals surface area contributed by atoms with Gasteiger partial charge in [0.25, 0.3) is 0 Å². The van der Waals surface area contributed by atoms with E-state index < -0.39 is 5.97 Å². The maximum atomic E-state index is 12.4.